The van der Waals surface area contributed by atoms with Crippen molar-refractivity contribution >= 4 is 10.8 Å². The molecule has 1 aromatic heterocycles. The maximum absolute atomic E-state index is 4.19. The molecule has 1 fully saturated rings. The molecule has 2 aromatic rings. The van der Waals surface area contributed by atoms with Gasteiger partial charge in [-0.2, -0.15) is 0 Å². The minimum atomic E-state index is 0.807. The fourth-order valence-electron chi connectivity index (χ4n) is 2.99. The predicted octanol–water partition coefficient (Wildman–Crippen LogP) is 2.28. The maximum atomic E-state index is 4.19. The quantitative estimate of drug-likeness (QED) is 0.908. The summed E-state index contributed by atoms with van der Waals surface area (Å²) in [5.74, 6) is 0.807. The van der Waals surface area contributed by atoms with Crippen LogP contribution in [0.5, 0.6) is 0 Å². The van der Waals surface area contributed by atoms with E-state index in [0.29, 0.717) is 0 Å². The summed E-state index contributed by atoms with van der Waals surface area (Å²) >= 11 is 0. The molecule has 3 heteroatoms. The van der Waals surface area contributed by atoms with Gasteiger partial charge >= 0.3 is 0 Å². The normalized spacial score (nSPS) is 19.4. The van der Waals surface area contributed by atoms with Crippen LogP contribution in [-0.2, 0) is 6.54 Å². The number of rotatable bonds is 4. The topological polar surface area (TPSA) is 28.2 Å². The van der Waals surface area contributed by atoms with Crippen molar-refractivity contribution in [3.05, 3.63) is 42.2 Å². The lowest BCUT2D eigenvalue weighted by Crippen LogP contribution is -2.26. The molecule has 1 unspecified atom stereocenters. The van der Waals surface area contributed by atoms with Crippen molar-refractivity contribution in [3.8, 4) is 0 Å². The van der Waals surface area contributed by atoms with Crippen LogP contribution in [0.1, 0.15) is 12.0 Å². The number of nitrogens with one attached hydrogen (secondary N) is 1. The molecule has 0 radical (unpaired) electrons. The van der Waals surface area contributed by atoms with E-state index in [0.717, 1.165) is 12.5 Å². The summed E-state index contributed by atoms with van der Waals surface area (Å²) in [5.41, 5.74) is 1.40. The first-order chi connectivity index (χ1) is 9.33. The zero-order chi connectivity index (χ0) is 13.1. The van der Waals surface area contributed by atoms with Crippen LogP contribution in [0.3, 0.4) is 0 Å². The molecule has 100 valence electrons. The molecule has 1 aromatic carbocycles. The van der Waals surface area contributed by atoms with Crippen LogP contribution in [0.15, 0.2) is 36.7 Å². The smallest absolute Gasteiger partial charge is 0.0346 e. The van der Waals surface area contributed by atoms with Gasteiger partial charge in [0.05, 0.1) is 0 Å². The minimum Gasteiger partial charge on any atom is -0.316 e. The fourth-order valence-corrected chi connectivity index (χ4v) is 2.99. The summed E-state index contributed by atoms with van der Waals surface area (Å²) in [6.07, 6.45) is 5.14. The third-order valence-electron chi connectivity index (χ3n) is 3.94. The van der Waals surface area contributed by atoms with E-state index in [2.05, 4.69) is 46.5 Å². The second kappa shape index (κ2) is 5.68. The Kier molecular flexibility index (Phi) is 3.76. The first-order valence-electron chi connectivity index (χ1n) is 7.04. The van der Waals surface area contributed by atoms with E-state index in [1.54, 1.807) is 0 Å². The van der Waals surface area contributed by atoms with Crippen LogP contribution >= 0.6 is 0 Å². The van der Waals surface area contributed by atoms with Crippen molar-refractivity contribution in [2.75, 3.05) is 26.7 Å². The van der Waals surface area contributed by atoms with Crippen LogP contribution in [0, 0.1) is 5.92 Å². The van der Waals surface area contributed by atoms with Crippen molar-refractivity contribution in [3.63, 3.8) is 0 Å². The Morgan fingerprint density at radius 1 is 1.37 bits per heavy atom. The average molecular weight is 255 g/mol. The molecule has 0 spiro atoms. The molecule has 19 heavy (non-hydrogen) atoms. The molecule has 1 saturated heterocycles. The van der Waals surface area contributed by atoms with Gasteiger partial charge in [-0.25, -0.2) is 0 Å². The highest BCUT2D eigenvalue weighted by Crippen LogP contribution is 2.19. The van der Waals surface area contributed by atoms with Gasteiger partial charge in [0.25, 0.3) is 0 Å². The molecule has 3 nitrogen and oxygen atoms in total. The van der Waals surface area contributed by atoms with Crippen molar-refractivity contribution in [1.82, 2.24) is 15.2 Å². The first-order valence-corrected chi connectivity index (χ1v) is 7.04. The number of hydrogen-bond donors (Lipinski definition) is 1. The number of aromatic nitrogens is 1. The summed E-state index contributed by atoms with van der Waals surface area (Å²) in [5, 5.41) is 6.00. The molecule has 0 amide bonds. The SMILES string of the molecule is CN(Cc1cccc2cnccc12)CC1CCNC1. The Morgan fingerprint density at radius 2 is 2.32 bits per heavy atom. The summed E-state index contributed by atoms with van der Waals surface area (Å²) in [4.78, 5) is 6.63. The third-order valence-corrected chi connectivity index (χ3v) is 3.94. The molecule has 2 heterocycles. The third kappa shape index (κ3) is 2.94. The van der Waals surface area contributed by atoms with E-state index < -0.39 is 0 Å². The Hall–Kier alpha value is -1.45. The molecular weight excluding hydrogens is 234 g/mol. The van der Waals surface area contributed by atoms with E-state index in [-0.39, 0.29) is 0 Å². The van der Waals surface area contributed by atoms with Crippen molar-refractivity contribution in [2.45, 2.75) is 13.0 Å². The molecule has 0 saturated carbocycles. The molecule has 1 N–H and O–H groups in total. The van der Waals surface area contributed by atoms with Crippen LogP contribution in [0.2, 0.25) is 0 Å². The zero-order valence-corrected chi connectivity index (χ0v) is 11.5. The molecule has 1 aliphatic heterocycles. The predicted molar refractivity (Wildman–Crippen MR) is 79.1 cm³/mol. The summed E-state index contributed by atoms with van der Waals surface area (Å²) in [6.45, 7) is 4.54. The lowest BCUT2D eigenvalue weighted by atomic mass is 10.1. The van der Waals surface area contributed by atoms with E-state index in [9.17, 15) is 0 Å². The van der Waals surface area contributed by atoms with Gasteiger partial charge in [-0.1, -0.05) is 18.2 Å². The standard InChI is InChI=1S/C16H21N3/c1-19(11-13-5-7-17-9-13)12-15-4-2-3-14-10-18-8-6-16(14)15/h2-4,6,8,10,13,17H,5,7,9,11-12H2,1H3. The van der Waals surface area contributed by atoms with Gasteiger partial charge in [0.15, 0.2) is 0 Å². The lowest BCUT2D eigenvalue weighted by molar-refractivity contribution is 0.279. The number of pyridine rings is 1. The Labute approximate surface area is 114 Å². The summed E-state index contributed by atoms with van der Waals surface area (Å²) in [6, 6.07) is 8.61. The summed E-state index contributed by atoms with van der Waals surface area (Å²) < 4.78 is 0. The highest BCUT2D eigenvalue weighted by molar-refractivity contribution is 5.84. The van der Waals surface area contributed by atoms with Crippen LogP contribution in [0.4, 0.5) is 0 Å². The van der Waals surface area contributed by atoms with Crippen LogP contribution < -0.4 is 5.32 Å². The summed E-state index contributed by atoms with van der Waals surface area (Å²) in [7, 11) is 2.22. The highest BCUT2D eigenvalue weighted by Gasteiger charge is 2.16. The molecular formula is C16H21N3. The zero-order valence-electron chi connectivity index (χ0n) is 11.5. The van der Waals surface area contributed by atoms with E-state index in [1.165, 1.54) is 42.4 Å². The molecule has 0 bridgehead atoms. The largest absolute Gasteiger partial charge is 0.316 e. The van der Waals surface area contributed by atoms with Crippen molar-refractivity contribution in [2.24, 2.45) is 5.92 Å². The van der Waals surface area contributed by atoms with Gasteiger partial charge in [-0.3, -0.25) is 4.98 Å². The average Bonchev–Trinajstić information content (AvgIpc) is 2.92. The number of benzene rings is 1. The van der Waals surface area contributed by atoms with Crippen molar-refractivity contribution < 1.29 is 0 Å². The number of nitrogens with zero attached hydrogens (tertiary/aromatic N) is 2. The van der Waals surface area contributed by atoms with Gasteiger partial charge in [-0.15, -0.1) is 0 Å². The molecule has 1 aliphatic rings. The second-order valence-corrected chi connectivity index (χ2v) is 5.57. The second-order valence-electron chi connectivity index (χ2n) is 5.57. The van der Waals surface area contributed by atoms with Crippen molar-refractivity contribution in [1.29, 1.82) is 0 Å². The maximum Gasteiger partial charge on any atom is 0.0346 e. The molecule has 0 aliphatic carbocycles. The lowest BCUT2D eigenvalue weighted by Gasteiger charge is -2.21. The Morgan fingerprint density at radius 3 is 3.16 bits per heavy atom. The van der Waals surface area contributed by atoms with Gasteiger partial charge < -0.3 is 10.2 Å². The minimum absolute atomic E-state index is 0.807. The number of fused-ring (bicyclic) bond motifs is 1. The van der Waals surface area contributed by atoms with Gasteiger partial charge in [-0.05, 0) is 49.5 Å². The highest BCUT2D eigenvalue weighted by atomic mass is 15.1. The molecule has 1 atom stereocenters. The van der Waals surface area contributed by atoms with E-state index in [1.807, 2.05) is 12.4 Å². The Balaban J connectivity index is 1.73. The van der Waals surface area contributed by atoms with E-state index >= 15 is 0 Å². The van der Waals surface area contributed by atoms with Gasteiger partial charge in [0.2, 0.25) is 0 Å². The Bertz CT molecular complexity index is 541. The van der Waals surface area contributed by atoms with Crippen LogP contribution in [-0.4, -0.2) is 36.6 Å². The fraction of sp³-hybridized carbons (Fsp3) is 0.438. The monoisotopic (exact) mass is 255 g/mol. The first kappa shape index (κ1) is 12.6. The molecule has 3 rings (SSSR count). The number of hydrogen-bond acceptors (Lipinski definition) is 3. The van der Waals surface area contributed by atoms with Crippen LogP contribution in [0.25, 0.3) is 10.8 Å². The van der Waals surface area contributed by atoms with Gasteiger partial charge in [0.1, 0.15) is 0 Å². The van der Waals surface area contributed by atoms with E-state index in [4.69, 9.17) is 0 Å². The van der Waals surface area contributed by atoms with Gasteiger partial charge in [0, 0.05) is 30.9 Å².